The second-order valence-corrected chi connectivity index (χ2v) is 3.57. The second kappa shape index (κ2) is 5.35. The average molecular weight is 253 g/mol. The van der Waals surface area contributed by atoms with Crippen molar-refractivity contribution in [1.82, 2.24) is 24.7 Å². The summed E-state index contributed by atoms with van der Waals surface area (Å²) in [5.74, 6) is 0.151. The van der Waals surface area contributed by atoms with E-state index in [4.69, 9.17) is 11.6 Å². The number of rotatable bonds is 4. The van der Waals surface area contributed by atoms with Gasteiger partial charge in [-0.05, 0) is 0 Å². The molecule has 7 nitrogen and oxygen atoms in total. The number of aromatic nitrogens is 5. The molecule has 0 aliphatic rings. The van der Waals surface area contributed by atoms with Crippen LogP contribution in [0.4, 0.5) is 5.82 Å². The highest BCUT2D eigenvalue weighted by Crippen LogP contribution is 2.06. The van der Waals surface area contributed by atoms with Crippen LogP contribution in [0, 0.1) is 0 Å². The van der Waals surface area contributed by atoms with Crippen molar-refractivity contribution in [2.45, 2.75) is 13.0 Å². The molecule has 0 radical (unpaired) electrons. The van der Waals surface area contributed by atoms with Crippen molar-refractivity contribution in [2.24, 2.45) is 0 Å². The Hall–Kier alpha value is -2.02. The lowest BCUT2D eigenvalue weighted by molar-refractivity contribution is -0.116. The highest BCUT2D eigenvalue weighted by molar-refractivity contribution is 6.29. The van der Waals surface area contributed by atoms with E-state index in [1.807, 2.05) is 0 Å². The third kappa shape index (κ3) is 3.49. The van der Waals surface area contributed by atoms with Crippen LogP contribution in [0.3, 0.4) is 0 Å². The Balaban J connectivity index is 1.85. The largest absolute Gasteiger partial charge is 0.309 e. The number of carbonyl (C=O) groups excluding carboxylic acids is 1. The zero-order valence-corrected chi connectivity index (χ0v) is 9.50. The first-order chi connectivity index (χ1) is 8.24. The molecule has 1 N–H and O–H groups in total. The third-order valence-corrected chi connectivity index (χ3v) is 2.09. The summed E-state index contributed by atoms with van der Waals surface area (Å²) in [6.45, 7) is 0.458. The number of aryl methyl sites for hydroxylation is 1. The first-order valence-electron chi connectivity index (χ1n) is 4.84. The van der Waals surface area contributed by atoms with E-state index in [2.05, 4.69) is 25.4 Å². The molecule has 0 atom stereocenters. The highest BCUT2D eigenvalue weighted by atomic mass is 35.5. The maximum Gasteiger partial charge on any atom is 0.227 e. The molecule has 1 amide bonds. The first kappa shape index (κ1) is 11.5. The molecule has 8 heteroatoms. The van der Waals surface area contributed by atoms with Crippen molar-refractivity contribution in [3.63, 3.8) is 0 Å². The van der Waals surface area contributed by atoms with E-state index in [1.54, 1.807) is 11.0 Å². The summed E-state index contributed by atoms with van der Waals surface area (Å²) in [5.41, 5.74) is 0. The minimum Gasteiger partial charge on any atom is -0.309 e. The number of nitrogens with one attached hydrogen (secondary N) is 1. The highest BCUT2D eigenvalue weighted by Gasteiger charge is 2.04. The van der Waals surface area contributed by atoms with Crippen LogP contribution in [0.25, 0.3) is 0 Å². The monoisotopic (exact) mass is 252 g/mol. The van der Waals surface area contributed by atoms with Crippen molar-refractivity contribution in [2.75, 3.05) is 5.32 Å². The predicted molar refractivity (Wildman–Crippen MR) is 60.3 cm³/mol. The van der Waals surface area contributed by atoms with E-state index < -0.39 is 0 Å². The van der Waals surface area contributed by atoms with Gasteiger partial charge in [-0.25, -0.2) is 9.97 Å². The number of nitrogens with zero attached hydrogens (tertiary/aromatic N) is 5. The van der Waals surface area contributed by atoms with E-state index in [1.165, 1.54) is 18.7 Å². The van der Waals surface area contributed by atoms with E-state index in [-0.39, 0.29) is 17.5 Å². The van der Waals surface area contributed by atoms with Gasteiger partial charge in [0, 0.05) is 6.42 Å². The fourth-order valence-electron chi connectivity index (χ4n) is 1.17. The number of amides is 1. The van der Waals surface area contributed by atoms with Gasteiger partial charge < -0.3 is 5.32 Å². The Morgan fingerprint density at radius 2 is 2.29 bits per heavy atom. The molecule has 17 heavy (non-hydrogen) atoms. The van der Waals surface area contributed by atoms with Crippen LogP contribution in [0.5, 0.6) is 0 Å². The fraction of sp³-hybridized carbons (Fsp3) is 0.222. The van der Waals surface area contributed by atoms with Crippen molar-refractivity contribution in [3.05, 3.63) is 30.2 Å². The van der Waals surface area contributed by atoms with Crippen molar-refractivity contribution in [1.29, 1.82) is 0 Å². The Bertz CT molecular complexity index is 500. The third-order valence-electron chi connectivity index (χ3n) is 1.91. The lowest BCUT2D eigenvalue weighted by atomic mass is 10.4. The number of hydrogen-bond donors (Lipinski definition) is 1. The molecule has 0 fully saturated rings. The molecule has 88 valence electrons. The Kier molecular flexibility index (Phi) is 3.61. The zero-order valence-electron chi connectivity index (χ0n) is 8.75. The summed E-state index contributed by atoms with van der Waals surface area (Å²) in [6, 6.07) is 0. The normalized spacial score (nSPS) is 10.2. The van der Waals surface area contributed by atoms with Gasteiger partial charge in [0.1, 0.15) is 17.8 Å². The van der Waals surface area contributed by atoms with Gasteiger partial charge in [-0.3, -0.25) is 14.5 Å². The van der Waals surface area contributed by atoms with Gasteiger partial charge >= 0.3 is 0 Å². The zero-order chi connectivity index (χ0) is 12.1. The van der Waals surface area contributed by atoms with E-state index in [9.17, 15) is 4.79 Å². The summed E-state index contributed by atoms with van der Waals surface area (Å²) in [4.78, 5) is 23.0. The van der Waals surface area contributed by atoms with E-state index >= 15 is 0 Å². The molecule has 0 spiro atoms. The topological polar surface area (TPSA) is 85.6 Å². The van der Waals surface area contributed by atoms with Gasteiger partial charge in [0.2, 0.25) is 5.91 Å². The summed E-state index contributed by atoms with van der Waals surface area (Å²) in [5, 5.41) is 6.71. The maximum absolute atomic E-state index is 11.5. The number of anilines is 1. The van der Waals surface area contributed by atoms with Gasteiger partial charge in [0.15, 0.2) is 5.82 Å². The van der Waals surface area contributed by atoms with Crippen LogP contribution >= 0.6 is 11.6 Å². The van der Waals surface area contributed by atoms with Gasteiger partial charge in [0.05, 0.1) is 18.9 Å². The molecule has 0 aromatic carbocycles. The van der Waals surface area contributed by atoms with Crippen LogP contribution in [0.15, 0.2) is 25.0 Å². The molecule has 2 rings (SSSR count). The molecule has 2 aromatic rings. The van der Waals surface area contributed by atoms with Crippen LogP contribution in [0.1, 0.15) is 6.42 Å². The van der Waals surface area contributed by atoms with E-state index in [0.717, 1.165) is 0 Å². The molecule has 0 aliphatic heterocycles. The van der Waals surface area contributed by atoms with Crippen molar-refractivity contribution < 1.29 is 4.79 Å². The summed E-state index contributed by atoms with van der Waals surface area (Å²) < 4.78 is 1.57. The smallest absolute Gasteiger partial charge is 0.227 e. The number of hydrogen-bond acceptors (Lipinski definition) is 5. The molecule has 0 unspecified atom stereocenters. The SMILES string of the molecule is O=C(CCn1cncn1)Nc1cncc(Cl)n1. The molecular weight excluding hydrogens is 244 g/mol. The maximum atomic E-state index is 11.5. The van der Waals surface area contributed by atoms with Crippen LogP contribution in [-0.2, 0) is 11.3 Å². The minimum atomic E-state index is -0.183. The second-order valence-electron chi connectivity index (χ2n) is 3.18. The molecule has 0 bridgehead atoms. The van der Waals surface area contributed by atoms with Crippen molar-refractivity contribution in [3.8, 4) is 0 Å². The summed E-state index contributed by atoms with van der Waals surface area (Å²) >= 11 is 5.64. The lowest BCUT2D eigenvalue weighted by Gasteiger charge is -2.03. The van der Waals surface area contributed by atoms with Gasteiger partial charge in [-0.1, -0.05) is 11.6 Å². The van der Waals surface area contributed by atoms with Crippen LogP contribution in [0.2, 0.25) is 5.15 Å². The standard InChI is InChI=1S/C9H9ClN6O/c10-7-3-11-4-8(14-7)15-9(17)1-2-16-6-12-5-13-16/h3-6H,1-2H2,(H,14,15,17). The molecular formula is C9H9ClN6O. The van der Waals surface area contributed by atoms with E-state index in [0.29, 0.717) is 12.4 Å². The Morgan fingerprint density at radius 1 is 1.41 bits per heavy atom. The predicted octanol–water partition coefficient (Wildman–Crippen LogP) is 0.750. The molecule has 0 aliphatic carbocycles. The molecule has 0 saturated heterocycles. The van der Waals surface area contributed by atoms with Gasteiger partial charge in [0.25, 0.3) is 0 Å². The summed E-state index contributed by atoms with van der Waals surface area (Å²) in [7, 11) is 0. The summed E-state index contributed by atoms with van der Waals surface area (Å²) in [6.07, 6.45) is 6.07. The van der Waals surface area contributed by atoms with Gasteiger partial charge in [-0.15, -0.1) is 0 Å². The van der Waals surface area contributed by atoms with Gasteiger partial charge in [-0.2, -0.15) is 5.10 Å². The van der Waals surface area contributed by atoms with Crippen LogP contribution in [-0.4, -0.2) is 30.6 Å². The molecule has 0 saturated carbocycles. The average Bonchev–Trinajstić information content (AvgIpc) is 2.79. The lowest BCUT2D eigenvalue weighted by Crippen LogP contribution is -2.15. The molecule has 2 heterocycles. The van der Waals surface area contributed by atoms with Crippen LogP contribution < -0.4 is 5.32 Å². The number of carbonyl (C=O) groups is 1. The minimum absolute atomic E-state index is 0.183. The molecule has 2 aromatic heterocycles. The van der Waals surface area contributed by atoms with Crippen molar-refractivity contribution >= 4 is 23.3 Å². The Labute approximate surface area is 102 Å². The number of halogens is 1. The fourth-order valence-corrected chi connectivity index (χ4v) is 1.32. The Morgan fingerprint density at radius 3 is 3.00 bits per heavy atom. The first-order valence-corrected chi connectivity index (χ1v) is 5.21. The quantitative estimate of drug-likeness (QED) is 0.868.